The molecule has 2 aliphatic rings. The van der Waals surface area contributed by atoms with Crippen molar-refractivity contribution in [3.8, 4) is 11.3 Å². The first-order valence-corrected chi connectivity index (χ1v) is 23.5. The van der Waals surface area contributed by atoms with E-state index in [-0.39, 0.29) is 10.8 Å². The lowest BCUT2D eigenvalue weighted by atomic mass is 9.83. The quantitative estimate of drug-likeness (QED) is 0.154. The smallest absolute Gasteiger partial charge is 0.134 e. The number of aryl methyl sites for hydroxylation is 2. The molecule has 1 heterocycles. The van der Waals surface area contributed by atoms with Crippen LogP contribution in [0.2, 0.25) is 12.1 Å². The van der Waals surface area contributed by atoms with Crippen LogP contribution in [0.5, 0.6) is 0 Å². The number of rotatable bonds is 7. The first-order valence-electron chi connectivity index (χ1n) is 19.0. The van der Waals surface area contributed by atoms with Crippen LogP contribution in [0, 0.1) is 13.8 Å². The molecule has 0 aliphatic heterocycles. The maximum atomic E-state index is 6.45. The van der Waals surface area contributed by atoms with Crippen molar-refractivity contribution in [3.05, 3.63) is 153 Å². The molecule has 5 aromatic rings. The van der Waals surface area contributed by atoms with E-state index in [1.54, 1.807) is 11.1 Å². The Kier molecular flexibility index (Phi) is 9.43. The molecule has 0 spiro atoms. The first kappa shape index (κ1) is 35.5. The van der Waals surface area contributed by atoms with E-state index in [1.807, 2.05) is 0 Å². The zero-order valence-corrected chi connectivity index (χ0v) is 34.4. The van der Waals surface area contributed by atoms with E-state index >= 15 is 0 Å². The lowest BCUT2D eigenvalue weighted by Gasteiger charge is -2.32. The second-order valence-electron chi connectivity index (χ2n) is 16.8. The van der Waals surface area contributed by atoms with Crippen molar-refractivity contribution in [1.29, 1.82) is 0 Å². The van der Waals surface area contributed by atoms with E-state index < -0.39 is 15.8 Å². The molecule has 3 heteroatoms. The van der Waals surface area contributed by atoms with Crippen molar-refractivity contribution in [3.63, 3.8) is 0 Å². The van der Waals surface area contributed by atoms with Crippen LogP contribution in [0.15, 0.2) is 101 Å². The van der Waals surface area contributed by atoms with Crippen molar-refractivity contribution in [2.24, 2.45) is 0 Å². The van der Waals surface area contributed by atoms with Crippen LogP contribution >= 0.6 is 0 Å². The fraction of sp³-hybridized carbons (Fsp3) is 0.333. The van der Waals surface area contributed by atoms with Crippen molar-refractivity contribution in [2.45, 2.75) is 103 Å². The fourth-order valence-corrected chi connectivity index (χ4v) is 20.1. The summed E-state index contributed by atoms with van der Waals surface area (Å²) < 4.78 is 6.45. The molecular weight excluding hydrogens is 649 g/mol. The summed E-state index contributed by atoms with van der Waals surface area (Å²) in [4.78, 5) is 0. The molecule has 2 unspecified atom stereocenters. The minimum absolute atomic E-state index is 0.0323. The average Bonchev–Trinajstić information content (AvgIpc) is 3.81. The number of benzene rings is 4. The molecule has 1 nitrogen and oxygen atoms in total. The summed E-state index contributed by atoms with van der Waals surface area (Å²) in [5, 5.41) is 0. The molecule has 1 aromatic heterocycles. The van der Waals surface area contributed by atoms with E-state index in [9.17, 15) is 0 Å². The summed E-state index contributed by atoms with van der Waals surface area (Å²) >= 11 is 0. The second-order valence-corrected chi connectivity index (χ2v) is 25.3. The zero-order valence-electron chi connectivity index (χ0n) is 32.4. The molecule has 0 saturated heterocycles. The Morgan fingerprint density at radius 3 is 1.57 bits per heavy atom. The van der Waals surface area contributed by atoms with Gasteiger partial charge in [0.15, 0.2) is 0 Å². The Morgan fingerprint density at radius 2 is 1.08 bits per heavy atom. The van der Waals surface area contributed by atoms with Gasteiger partial charge in [0.25, 0.3) is 0 Å². The highest BCUT2D eigenvalue weighted by Gasteiger charge is 2.40. The molecule has 0 fully saturated rings. The highest BCUT2D eigenvalue weighted by atomic mass is 28.9. The van der Waals surface area contributed by atoms with Gasteiger partial charge in [-0.25, -0.2) is 0 Å². The number of hydrogen-bond donors (Lipinski definition) is 0. The highest BCUT2D eigenvalue weighted by molar-refractivity contribution is 6.99. The second kappa shape index (κ2) is 13.6. The summed E-state index contributed by atoms with van der Waals surface area (Å²) in [6.45, 7) is 23.3. The van der Waals surface area contributed by atoms with Crippen molar-refractivity contribution >= 4 is 39.1 Å². The van der Waals surface area contributed by atoms with Crippen molar-refractivity contribution < 1.29 is 4.42 Å². The van der Waals surface area contributed by atoms with Crippen LogP contribution in [0.25, 0.3) is 34.6 Å². The summed E-state index contributed by atoms with van der Waals surface area (Å²) in [7, 11) is -1.85. The van der Waals surface area contributed by atoms with E-state index in [0.29, 0.717) is 11.1 Å². The van der Waals surface area contributed by atoms with Gasteiger partial charge in [-0.05, 0) is 112 Å². The largest absolute Gasteiger partial charge is 0.461 e. The van der Waals surface area contributed by atoms with Gasteiger partial charge in [0.2, 0.25) is 0 Å². The van der Waals surface area contributed by atoms with E-state index in [1.165, 1.54) is 67.7 Å². The molecule has 7 rings (SSSR count). The van der Waals surface area contributed by atoms with Crippen LogP contribution < -0.4 is 0 Å². The number of allylic oxidation sites excluding steroid dienone is 2. The minimum atomic E-state index is -1.10. The van der Waals surface area contributed by atoms with Gasteiger partial charge in [-0.1, -0.05) is 158 Å². The van der Waals surface area contributed by atoms with Gasteiger partial charge in [-0.2, -0.15) is 0 Å². The molecule has 0 N–H and O–H groups in total. The van der Waals surface area contributed by atoms with E-state index in [4.69, 9.17) is 4.42 Å². The summed E-state index contributed by atoms with van der Waals surface area (Å²) in [6.07, 6.45) is 5.11. The van der Waals surface area contributed by atoms with Crippen LogP contribution in [-0.4, -0.2) is 15.8 Å². The van der Waals surface area contributed by atoms with Crippen LogP contribution in [-0.2, 0) is 10.8 Å². The van der Waals surface area contributed by atoms with Crippen LogP contribution in [0.4, 0.5) is 0 Å². The normalized spacial score (nSPS) is 16.8. The number of furan rings is 1. The Morgan fingerprint density at radius 1 is 0.569 bits per heavy atom. The predicted molar refractivity (Wildman–Crippen MR) is 224 cm³/mol. The van der Waals surface area contributed by atoms with Crippen LogP contribution in [0.1, 0.15) is 122 Å². The fourth-order valence-electron chi connectivity index (χ4n) is 8.52. The number of hydrogen-bond acceptors (Lipinski definition) is 1. The summed E-state index contributed by atoms with van der Waals surface area (Å²) in [6, 6.07) is 40.0. The topological polar surface area (TPSA) is 13.1 Å². The van der Waals surface area contributed by atoms with Crippen molar-refractivity contribution in [2.75, 3.05) is 0 Å². The summed E-state index contributed by atoms with van der Waals surface area (Å²) in [5.41, 5.74) is 17.9. The van der Waals surface area contributed by atoms with E-state index in [0.717, 1.165) is 11.5 Å². The SMILES string of the molecule is CC[Si](CC)=[Si](C1C(c2ccc(C(C)(C)C)cc2C)=Cc2ccccc21)C1C(c2ccc(C(C)(C)C)cc2-c2ccc(C)o2)=Cc2ccccc21. The summed E-state index contributed by atoms with van der Waals surface area (Å²) in [5.74, 6) is 1.92. The monoisotopic (exact) mass is 702 g/mol. The van der Waals surface area contributed by atoms with Gasteiger partial charge in [-0.15, -0.1) is 0 Å². The zero-order chi connectivity index (χ0) is 36.2. The van der Waals surface area contributed by atoms with Crippen LogP contribution in [0.3, 0.4) is 0 Å². The van der Waals surface area contributed by atoms with Gasteiger partial charge >= 0.3 is 0 Å². The van der Waals surface area contributed by atoms with Gasteiger partial charge in [-0.3, -0.25) is 0 Å². The molecule has 0 amide bonds. The van der Waals surface area contributed by atoms with Gasteiger partial charge in [0.05, 0.1) is 0 Å². The lowest BCUT2D eigenvalue weighted by Crippen LogP contribution is -2.32. The molecule has 2 atom stereocenters. The van der Waals surface area contributed by atoms with Crippen molar-refractivity contribution in [1.82, 2.24) is 0 Å². The molecule has 260 valence electrons. The molecule has 51 heavy (non-hydrogen) atoms. The first-order chi connectivity index (χ1) is 24.3. The molecule has 2 aliphatic carbocycles. The molecule has 0 radical (unpaired) electrons. The Balaban J connectivity index is 1.49. The molecular formula is C48H54OSi2. The predicted octanol–water partition coefficient (Wildman–Crippen LogP) is 13.3. The highest BCUT2D eigenvalue weighted by Crippen LogP contribution is 2.52. The molecule has 0 saturated carbocycles. The van der Waals surface area contributed by atoms with E-state index in [2.05, 4.69) is 178 Å². The Hall–Kier alpha value is -3.93. The Labute approximate surface area is 309 Å². The third-order valence-electron chi connectivity index (χ3n) is 11.3. The Bertz CT molecular complexity index is 2220. The third-order valence-corrected chi connectivity index (χ3v) is 22.7. The van der Waals surface area contributed by atoms with Gasteiger partial charge in [0.1, 0.15) is 11.5 Å². The third kappa shape index (κ3) is 6.53. The minimum Gasteiger partial charge on any atom is -0.461 e. The molecule has 4 aromatic carbocycles. The number of fused-ring (bicyclic) bond motifs is 2. The lowest BCUT2D eigenvalue weighted by molar-refractivity contribution is 0.547. The maximum Gasteiger partial charge on any atom is 0.134 e. The van der Waals surface area contributed by atoms with Gasteiger partial charge < -0.3 is 4.42 Å². The standard InChI is InChI=1S/C48H54OSi2/c1-11-50(12-2)51(45-38-19-15-13-17-33(38)28-42(45)37-24-22-35(27-31(37)3)47(5,6)7)46-39-20-16-14-18-34(39)29-43(46)40-25-23-36(48(8,9)10)30-41(40)44-26-21-32(4)49-44/h13-30,45-46H,11-12H2,1-10H3. The molecule has 0 bridgehead atoms. The average molecular weight is 703 g/mol. The van der Waals surface area contributed by atoms with Gasteiger partial charge in [0, 0.05) is 24.5 Å². The maximum absolute atomic E-state index is 6.45.